The fourth-order valence-corrected chi connectivity index (χ4v) is 2.61. The molecule has 0 spiro atoms. The van der Waals surface area contributed by atoms with Gasteiger partial charge in [0.05, 0.1) is 6.54 Å². The first-order chi connectivity index (χ1) is 10.3. The Hall–Kier alpha value is -1.94. The van der Waals surface area contributed by atoms with Gasteiger partial charge in [-0.05, 0) is 36.2 Å². The normalized spacial score (nSPS) is 11.4. The maximum absolute atomic E-state index is 5.77. The second-order valence-electron chi connectivity index (χ2n) is 4.69. The zero-order valence-electron chi connectivity index (χ0n) is 12.3. The Labute approximate surface area is 130 Å². The van der Waals surface area contributed by atoms with Gasteiger partial charge < -0.3 is 11.1 Å². The third-order valence-corrected chi connectivity index (χ3v) is 3.91. The van der Waals surface area contributed by atoms with Crippen LogP contribution in [0.25, 0.3) is 0 Å². The van der Waals surface area contributed by atoms with Crippen molar-refractivity contribution in [2.24, 2.45) is 10.7 Å². The van der Waals surface area contributed by atoms with Crippen molar-refractivity contribution >= 4 is 17.7 Å². The van der Waals surface area contributed by atoms with E-state index in [2.05, 4.69) is 65.8 Å². The highest BCUT2D eigenvalue weighted by atomic mass is 32.2. The van der Waals surface area contributed by atoms with Crippen LogP contribution >= 0.6 is 11.8 Å². The van der Waals surface area contributed by atoms with Crippen LogP contribution in [0.1, 0.15) is 18.9 Å². The molecule has 0 aliphatic rings. The van der Waals surface area contributed by atoms with Crippen molar-refractivity contribution in [3.05, 3.63) is 60.2 Å². The largest absolute Gasteiger partial charge is 0.370 e. The van der Waals surface area contributed by atoms with E-state index in [-0.39, 0.29) is 0 Å². The van der Waals surface area contributed by atoms with E-state index in [1.165, 1.54) is 9.79 Å². The van der Waals surface area contributed by atoms with E-state index in [0.29, 0.717) is 12.5 Å². The minimum absolute atomic E-state index is 0.514. The summed E-state index contributed by atoms with van der Waals surface area (Å²) in [6, 6.07) is 18.8. The van der Waals surface area contributed by atoms with Gasteiger partial charge in [0.1, 0.15) is 0 Å². The van der Waals surface area contributed by atoms with Crippen LogP contribution < -0.4 is 11.1 Å². The topological polar surface area (TPSA) is 50.4 Å². The van der Waals surface area contributed by atoms with Crippen LogP contribution in [0.15, 0.2) is 69.4 Å². The Morgan fingerprint density at radius 1 is 1.05 bits per heavy atom. The molecule has 2 aromatic carbocycles. The Bertz CT molecular complexity index is 564. The zero-order chi connectivity index (χ0) is 14.9. The minimum atomic E-state index is 0.514. The van der Waals surface area contributed by atoms with Crippen molar-refractivity contribution in [2.75, 3.05) is 6.54 Å². The fourth-order valence-electron chi connectivity index (χ4n) is 1.77. The second kappa shape index (κ2) is 8.37. The number of nitrogens with one attached hydrogen (secondary N) is 1. The molecule has 0 radical (unpaired) electrons. The minimum Gasteiger partial charge on any atom is -0.370 e. The Morgan fingerprint density at radius 2 is 1.71 bits per heavy atom. The summed E-state index contributed by atoms with van der Waals surface area (Å²) in [6.07, 6.45) is 1.04. The maximum Gasteiger partial charge on any atom is 0.188 e. The fraction of sp³-hybridized carbons (Fsp3) is 0.235. The average Bonchev–Trinajstić information content (AvgIpc) is 2.53. The zero-order valence-corrected chi connectivity index (χ0v) is 13.1. The van der Waals surface area contributed by atoms with Gasteiger partial charge in [0.15, 0.2) is 5.96 Å². The van der Waals surface area contributed by atoms with Gasteiger partial charge in [0, 0.05) is 16.3 Å². The Balaban J connectivity index is 1.90. The van der Waals surface area contributed by atoms with Crippen LogP contribution in [0.2, 0.25) is 0 Å². The summed E-state index contributed by atoms with van der Waals surface area (Å²) in [5.74, 6) is 0.514. The molecule has 0 saturated heterocycles. The molecule has 0 aromatic heterocycles. The smallest absolute Gasteiger partial charge is 0.188 e. The van der Waals surface area contributed by atoms with E-state index in [0.717, 1.165) is 18.5 Å². The molecule has 2 aromatic rings. The Morgan fingerprint density at radius 3 is 2.38 bits per heavy atom. The van der Waals surface area contributed by atoms with E-state index < -0.39 is 0 Å². The molecule has 0 heterocycles. The summed E-state index contributed by atoms with van der Waals surface area (Å²) >= 11 is 1.76. The standard InChI is InChI=1S/C17H21N3S/c1-2-12-19-17(18)20-13-14-8-10-16(11-9-14)21-15-6-4-3-5-7-15/h3-11H,2,12-13H2,1H3,(H3,18,19,20). The predicted octanol–water partition coefficient (Wildman–Crippen LogP) is 3.65. The third-order valence-electron chi connectivity index (χ3n) is 2.89. The molecule has 0 saturated carbocycles. The molecule has 0 aliphatic heterocycles. The molecule has 0 unspecified atom stereocenters. The summed E-state index contributed by atoms with van der Waals surface area (Å²) in [6.45, 7) is 3.57. The summed E-state index contributed by atoms with van der Waals surface area (Å²) in [5, 5.41) is 3.07. The first kappa shape index (κ1) is 15.4. The van der Waals surface area contributed by atoms with Crippen molar-refractivity contribution in [3.8, 4) is 0 Å². The number of guanidine groups is 1. The van der Waals surface area contributed by atoms with E-state index in [1.807, 2.05) is 6.07 Å². The first-order valence-corrected chi connectivity index (χ1v) is 7.95. The molecule has 110 valence electrons. The molecule has 3 N–H and O–H groups in total. The number of hydrogen-bond acceptors (Lipinski definition) is 2. The van der Waals surface area contributed by atoms with Crippen LogP contribution in [-0.2, 0) is 6.54 Å². The third kappa shape index (κ3) is 5.52. The predicted molar refractivity (Wildman–Crippen MR) is 90.6 cm³/mol. The lowest BCUT2D eigenvalue weighted by Crippen LogP contribution is -2.32. The van der Waals surface area contributed by atoms with E-state index >= 15 is 0 Å². The SMILES string of the molecule is CCCNC(N)=NCc1ccc(Sc2ccccc2)cc1. The number of hydrogen-bond donors (Lipinski definition) is 2. The van der Waals surface area contributed by atoms with Gasteiger partial charge >= 0.3 is 0 Å². The number of nitrogens with zero attached hydrogens (tertiary/aromatic N) is 1. The summed E-state index contributed by atoms with van der Waals surface area (Å²) < 4.78 is 0. The van der Waals surface area contributed by atoms with Gasteiger partial charge in [0.2, 0.25) is 0 Å². The molecule has 3 nitrogen and oxygen atoms in total. The van der Waals surface area contributed by atoms with E-state index in [1.54, 1.807) is 11.8 Å². The number of nitrogens with two attached hydrogens (primary N) is 1. The number of rotatable bonds is 6. The molecular formula is C17H21N3S. The van der Waals surface area contributed by atoms with E-state index in [9.17, 15) is 0 Å². The molecule has 21 heavy (non-hydrogen) atoms. The van der Waals surface area contributed by atoms with Gasteiger partial charge in [0.25, 0.3) is 0 Å². The number of aliphatic imine (C=N–C) groups is 1. The Kier molecular flexibility index (Phi) is 6.16. The molecule has 0 amide bonds. The monoisotopic (exact) mass is 299 g/mol. The highest BCUT2D eigenvalue weighted by molar-refractivity contribution is 7.99. The highest BCUT2D eigenvalue weighted by Gasteiger charge is 1.98. The van der Waals surface area contributed by atoms with Crippen molar-refractivity contribution in [2.45, 2.75) is 29.7 Å². The summed E-state index contributed by atoms with van der Waals surface area (Å²) in [5.41, 5.74) is 6.94. The summed E-state index contributed by atoms with van der Waals surface area (Å²) in [4.78, 5) is 6.80. The van der Waals surface area contributed by atoms with Crippen LogP contribution in [0.5, 0.6) is 0 Å². The molecule has 0 fully saturated rings. The highest BCUT2D eigenvalue weighted by Crippen LogP contribution is 2.27. The van der Waals surface area contributed by atoms with Crippen molar-refractivity contribution in [1.82, 2.24) is 5.32 Å². The molecule has 0 bridgehead atoms. The van der Waals surface area contributed by atoms with Crippen molar-refractivity contribution in [1.29, 1.82) is 0 Å². The van der Waals surface area contributed by atoms with Gasteiger partial charge in [-0.1, -0.05) is 49.0 Å². The van der Waals surface area contributed by atoms with Gasteiger partial charge in [-0.15, -0.1) is 0 Å². The van der Waals surface area contributed by atoms with Gasteiger partial charge in [-0.2, -0.15) is 0 Å². The van der Waals surface area contributed by atoms with Crippen LogP contribution in [-0.4, -0.2) is 12.5 Å². The molecule has 0 aliphatic carbocycles. The van der Waals surface area contributed by atoms with Crippen LogP contribution in [0, 0.1) is 0 Å². The molecule has 4 heteroatoms. The quantitative estimate of drug-likeness (QED) is 0.632. The number of benzene rings is 2. The van der Waals surface area contributed by atoms with Crippen LogP contribution in [0.3, 0.4) is 0 Å². The molecular weight excluding hydrogens is 278 g/mol. The van der Waals surface area contributed by atoms with Gasteiger partial charge in [-0.25, -0.2) is 4.99 Å². The average molecular weight is 299 g/mol. The molecule has 2 rings (SSSR count). The lowest BCUT2D eigenvalue weighted by molar-refractivity contribution is 0.825. The lowest BCUT2D eigenvalue weighted by Gasteiger charge is -2.05. The van der Waals surface area contributed by atoms with Crippen molar-refractivity contribution < 1.29 is 0 Å². The lowest BCUT2D eigenvalue weighted by atomic mass is 10.2. The van der Waals surface area contributed by atoms with E-state index in [4.69, 9.17) is 5.73 Å². The first-order valence-electron chi connectivity index (χ1n) is 7.13. The maximum atomic E-state index is 5.77. The second-order valence-corrected chi connectivity index (χ2v) is 5.83. The summed E-state index contributed by atoms with van der Waals surface area (Å²) in [7, 11) is 0. The van der Waals surface area contributed by atoms with Crippen molar-refractivity contribution in [3.63, 3.8) is 0 Å². The molecule has 0 atom stereocenters. The van der Waals surface area contributed by atoms with Crippen LogP contribution in [0.4, 0.5) is 0 Å². The van der Waals surface area contributed by atoms with Gasteiger partial charge in [-0.3, -0.25) is 0 Å².